The zero-order valence-corrected chi connectivity index (χ0v) is 18.6. The molecular formula is C23H21NO5S2. The van der Waals surface area contributed by atoms with Crippen molar-refractivity contribution in [1.82, 2.24) is 0 Å². The van der Waals surface area contributed by atoms with E-state index >= 15 is 0 Å². The van der Waals surface area contributed by atoms with Gasteiger partial charge in [0.1, 0.15) is 27.4 Å². The smallest absolute Gasteiger partial charge is 0.336 e. The second kappa shape index (κ2) is 8.43. The van der Waals surface area contributed by atoms with E-state index in [9.17, 15) is 4.79 Å². The molecule has 5 rings (SSSR count). The molecule has 8 heteroatoms. The van der Waals surface area contributed by atoms with Crippen LogP contribution in [0.15, 0.2) is 67.3 Å². The number of anilines is 1. The molecule has 0 saturated carbocycles. The highest BCUT2D eigenvalue weighted by atomic mass is 32.2. The van der Waals surface area contributed by atoms with Crippen LogP contribution in [0.4, 0.5) is 5.69 Å². The number of benzene rings is 2. The fraction of sp³-hybridized carbons (Fsp3) is 0.261. The molecule has 1 atom stereocenters. The summed E-state index contributed by atoms with van der Waals surface area (Å²) in [5.74, 6) is 1.53. The third kappa shape index (κ3) is 3.85. The van der Waals surface area contributed by atoms with Gasteiger partial charge in [-0.2, -0.15) is 0 Å². The van der Waals surface area contributed by atoms with Crippen molar-refractivity contribution in [3.05, 3.63) is 59.1 Å². The normalized spacial score (nSPS) is 15.5. The van der Waals surface area contributed by atoms with E-state index in [1.807, 2.05) is 12.1 Å². The number of hydrogen-bond donors (Lipinski definition) is 1. The fourth-order valence-corrected chi connectivity index (χ4v) is 5.40. The summed E-state index contributed by atoms with van der Waals surface area (Å²) in [6, 6.07) is 12.9. The molecule has 0 radical (unpaired) electrons. The Hall–Kier alpha value is -2.71. The van der Waals surface area contributed by atoms with Gasteiger partial charge < -0.3 is 23.2 Å². The molecule has 6 nitrogen and oxygen atoms in total. The van der Waals surface area contributed by atoms with Gasteiger partial charge in [-0.1, -0.05) is 11.8 Å². The van der Waals surface area contributed by atoms with Gasteiger partial charge in [0, 0.05) is 29.6 Å². The lowest BCUT2D eigenvalue weighted by molar-refractivity contribution is 0.314. The largest absolute Gasteiger partial charge is 0.497 e. The van der Waals surface area contributed by atoms with Crippen molar-refractivity contribution in [2.75, 3.05) is 25.2 Å². The first-order valence-corrected chi connectivity index (χ1v) is 11.4. The minimum absolute atomic E-state index is 0.0922. The lowest BCUT2D eigenvalue weighted by Crippen LogP contribution is -2.26. The van der Waals surface area contributed by atoms with Crippen LogP contribution in [0.5, 0.6) is 11.5 Å². The molecule has 4 aromatic rings. The van der Waals surface area contributed by atoms with Crippen LogP contribution in [-0.2, 0) is 0 Å². The maximum Gasteiger partial charge on any atom is 0.336 e. The predicted molar refractivity (Wildman–Crippen MR) is 126 cm³/mol. The van der Waals surface area contributed by atoms with E-state index in [0.717, 1.165) is 41.6 Å². The van der Waals surface area contributed by atoms with Crippen molar-refractivity contribution in [2.24, 2.45) is 0 Å². The molecule has 160 valence electrons. The van der Waals surface area contributed by atoms with Crippen LogP contribution < -0.4 is 20.0 Å². The van der Waals surface area contributed by atoms with Crippen LogP contribution in [0.3, 0.4) is 0 Å². The van der Waals surface area contributed by atoms with Crippen molar-refractivity contribution in [3.8, 4) is 11.5 Å². The van der Waals surface area contributed by atoms with Crippen LogP contribution in [0.25, 0.3) is 21.9 Å². The maximum absolute atomic E-state index is 11.6. The molecule has 1 unspecified atom stereocenters. The number of hydrogen-bond acceptors (Lipinski definition) is 8. The molecular weight excluding hydrogens is 434 g/mol. The maximum atomic E-state index is 11.6. The molecule has 2 aromatic heterocycles. The van der Waals surface area contributed by atoms with Crippen molar-refractivity contribution >= 4 is 52.0 Å². The summed E-state index contributed by atoms with van der Waals surface area (Å²) in [4.78, 5) is 15.1. The first-order valence-electron chi connectivity index (χ1n) is 10.0. The van der Waals surface area contributed by atoms with E-state index in [2.05, 4.69) is 17.0 Å². The molecule has 3 heterocycles. The molecule has 31 heavy (non-hydrogen) atoms. The van der Waals surface area contributed by atoms with E-state index in [4.69, 9.17) is 30.9 Å². The first-order chi connectivity index (χ1) is 15.1. The van der Waals surface area contributed by atoms with Gasteiger partial charge in [0.2, 0.25) is 0 Å². The van der Waals surface area contributed by atoms with Crippen LogP contribution >= 0.6 is 24.4 Å². The molecule has 0 bridgehead atoms. The van der Waals surface area contributed by atoms with Crippen LogP contribution in [0, 0.1) is 0 Å². The van der Waals surface area contributed by atoms with Gasteiger partial charge in [-0.05, 0) is 37.1 Å². The fourth-order valence-electron chi connectivity index (χ4n) is 3.80. The highest BCUT2D eigenvalue weighted by molar-refractivity contribution is 8.11. The molecule has 0 spiro atoms. The van der Waals surface area contributed by atoms with E-state index in [0.29, 0.717) is 23.5 Å². The van der Waals surface area contributed by atoms with Crippen molar-refractivity contribution in [1.29, 1.82) is 0 Å². The van der Waals surface area contributed by atoms with E-state index in [-0.39, 0.29) is 4.71 Å². The predicted octanol–water partition coefficient (Wildman–Crippen LogP) is 5.53. The number of unbranched alkanes of at least 4 members (excludes halogenated alkanes) is 1. The molecule has 1 aliphatic rings. The molecule has 0 aliphatic carbocycles. The molecule has 0 N–H and O–H groups in total. The highest BCUT2D eigenvalue weighted by Gasteiger charge is 2.27. The van der Waals surface area contributed by atoms with Gasteiger partial charge in [0.05, 0.1) is 36.4 Å². The zero-order chi connectivity index (χ0) is 21.4. The number of methoxy groups -OCH3 is 1. The average Bonchev–Trinajstić information content (AvgIpc) is 3.35. The lowest BCUT2D eigenvalue weighted by atomic mass is 10.1. The highest BCUT2D eigenvalue weighted by Crippen LogP contribution is 2.46. The van der Waals surface area contributed by atoms with Gasteiger partial charge in [-0.15, -0.1) is 12.6 Å². The Morgan fingerprint density at radius 1 is 1.10 bits per heavy atom. The Balaban J connectivity index is 1.26. The van der Waals surface area contributed by atoms with Gasteiger partial charge in [0.25, 0.3) is 0 Å². The van der Waals surface area contributed by atoms with E-state index < -0.39 is 5.63 Å². The standard InChI is InChI=1S/C23H21NO5S2/c1-26-14-4-6-20-17(12-14)24(23(30)31-20)9-2-3-10-28-22-15-5-7-21(25)29-19(15)13-18-16(22)8-11-27-18/h4-8,11-13,23,30H,2-3,9-10H2,1H3. The minimum atomic E-state index is -0.397. The monoisotopic (exact) mass is 455 g/mol. The van der Waals surface area contributed by atoms with Gasteiger partial charge in [0.15, 0.2) is 0 Å². The number of ether oxygens (including phenoxy) is 2. The van der Waals surface area contributed by atoms with Gasteiger partial charge in [-0.3, -0.25) is 0 Å². The van der Waals surface area contributed by atoms with Crippen molar-refractivity contribution in [3.63, 3.8) is 0 Å². The summed E-state index contributed by atoms with van der Waals surface area (Å²) in [6.45, 7) is 1.41. The molecule has 2 aromatic carbocycles. The third-order valence-electron chi connectivity index (χ3n) is 5.32. The Kier molecular flexibility index (Phi) is 5.50. The summed E-state index contributed by atoms with van der Waals surface area (Å²) in [6.07, 6.45) is 3.42. The quantitative estimate of drug-likeness (QED) is 0.223. The Labute approximate surface area is 188 Å². The number of thiol groups is 1. The Bertz CT molecular complexity index is 1300. The number of furan rings is 1. The van der Waals surface area contributed by atoms with Gasteiger partial charge >= 0.3 is 5.63 Å². The van der Waals surface area contributed by atoms with Crippen molar-refractivity contribution in [2.45, 2.75) is 22.4 Å². The number of thioether (sulfide) groups is 1. The summed E-state index contributed by atoms with van der Waals surface area (Å²) in [5.41, 5.74) is 1.86. The lowest BCUT2D eigenvalue weighted by Gasteiger charge is -2.23. The van der Waals surface area contributed by atoms with Crippen LogP contribution in [-0.4, -0.2) is 25.0 Å². The summed E-state index contributed by atoms with van der Waals surface area (Å²) in [7, 11) is 1.68. The second-order valence-electron chi connectivity index (χ2n) is 7.23. The Morgan fingerprint density at radius 3 is 2.84 bits per heavy atom. The van der Waals surface area contributed by atoms with Crippen LogP contribution in [0.2, 0.25) is 0 Å². The van der Waals surface area contributed by atoms with E-state index in [1.54, 1.807) is 37.3 Å². The summed E-state index contributed by atoms with van der Waals surface area (Å²) >= 11 is 6.47. The topological polar surface area (TPSA) is 65.1 Å². The van der Waals surface area contributed by atoms with E-state index in [1.165, 1.54) is 11.0 Å². The molecule has 0 fully saturated rings. The van der Waals surface area contributed by atoms with Crippen LogP contribution in [0.1, 0.15) is 12.8 Å². The number of nitrogens with zero attached hydrogens (tertiary/aromatic N) is 1. The third-order valence-corrected chi connectivity index (χ3v) is 6.98. The molecule has 1 aliphatic heterocycles. The first kappa shape index (κ1) is 20.2. The minimum Gasteiger partial charge on any atom is -0.497 e. The van der Waals surface area contributed by atoms with Gasteiger partial charge in [-0.25, -0.2) is 4.79 Å². The number of rotatable bonds is 7. The summed E-state index contributed by atoms with van der Waals surface area (Å²) in [5, 5.41) is 1.63. The SMILES string of the molecule is COc1ccc2c(c1)N(CCCCOc1c3ccoc3cc3oc(=O)ccc13)C(S)S2. The summed E-state index contributed by atoms with van der Waals surface area (Å²) < 4.78 is 22.4. The van der Waals surface area contributed by atoms with Crippen molar-refractivity contribution < 1.29 is 18.3 Å². The second-order valence-corrected chi connectivity index (χ2v) is 9.19. The number of fused-ring (bicyclic) bond motifs is 3. The average molecular weight is 456 g/mol. The molecule has 0 amide bonds. The zero-order valence-electron chi connectivity index (χ0n) is 16.9. The Morgan fingerprint density at radius 2 is 1.97 bits per heavy atom. The molecule has 0 saturated heterocycles.